The molecular formula is C22H29NO5S2. The first kappa shape index (κ1) is 21.7. The number of rotatable bonds is 5. The quantitative estimate of drug-likeness (QED) is 0.501. The predicted octanol–water partition coefficient (Wildman–Crippen LogP) is 3.71. The Morgan fingerprint density at radius 3 is 2.67 bits per heavy atom. The van der Waals surface area contributed by atoms with Gasteiger partial charge in [0, 0.05) is 22.0 Å². The third kappa shape index (κ3) is 3.09. The smallest absolute Gasteiger partial charge is 0.338 e. The van der Waals surface area contributed by atoms with Crippen LogP contribution in [0, 0.1) is 16.7 Å². The monoisotopic (exact) mass is 451 g/mol. The fourth-order valence-electron chi connectivity index (χ4n) is 6.06. The number of carbonyl (C=O) groups is 2. The molecule has 1 aromatic rings. The molecule has 2 bridgehead atoms. The lowest BCUT2D eigenvalue weighted by Crippen LogP contribution is -2.44. The first-order chi connectivity index (χ1) is 14.0. The van der Waals surface area contributed by atoms with Gasteiger partial charge in [0.2, 0.25) is 15.9 Å². The third-order valence-corrected chi connectivity index (χ3v) is 10.9. The first-order valence-corrected chi connectivity index (χ1v) is 12.9. The fourth-order valence-corrected chi connectivity index (χ4v) is 9.71. The van der Waals surface area contributed by atoms with Gasteiger partial charge in [0.15, 0.2) is 0 Å². The summed E-state index contributed by atoms with van der Waals surface area (Å²) in [5, 5.41) is -0.179. The maximum Gasteiger partial charge on any atom is 0.338 e. The van der Waals surface area contributed by atoms with Gasteiger partial charge in [-0.2, -0.15) is 0 Å². The van der Waals surface area contributed by atoms with E-state index in [9.17, 15) is 18.0 Å². The van der Waals surface area contributed by atoms with Crippen LogP contribution in [0.15, 0.2) is 29.2 Å². The highest BCUT2D eigenvalue weighted by molar-refractivity contribution is 8.00. The molecule has 0 N–H and O–H groups in total. The van der Waals surface area contributed by atoms with Gasteiger partial charge in [0.05, 0.1) is 24.5 Å². The van der Waals surface area contributed by atoms with Gasteiger partial charge in [-0.25, -0.2) is 17.5 Å². The predicted molar refractivity (Wildman–Crippen MR) is 116 cm³/mol. The van der Waals surface area contributed by atoms with E-state index in [0.29, 0.717) is 11.5 Å². The highest BCUT2D eigenvalue weighted by atomic mass is 32.2. The van der Waals surface area contributed by atoms with Crippen LogP contribution in [-0.4, -0.2) is 48.8 Å². The van der Waals surface area contributed by atoms with E-state index in [0.717, 1.165) is 24.2 Å². The molecule has 2 aliphatic carbocycles. The number of hydrogen-bond donors (Lipinski definition) is 0. The van der Waals surface area contributed by atoms with Crippen molar-refractivity contribution in [3.8, 4) is 0 Å². The van der Waals surface area contributed by atoms with Crippen molar-refractivity contribution in [2.75, 3.05) is 12.9 Å². The van der Waals surface area contributed by atoms with E-state index >= 15 is 0 Å². The van der Waals surface area contributed by atoms with E-state index in [1.165, 1.54) is 23.2 Å². The number of ether oxygens (including phenoxy) is 1. The SMILES string of the molecule is COC(=O)c1ccccc1S[C@H](C)CC(=O)N1[C@@H]2C[C@H]3CC[C@]2(CS1(=O)=O)C3(C)C. The minimum atomic E-state index is -3.60. The molecule has 3 aliphatic rings. The van der Waals surface area contributed by atoms with Gasteiger partial charge in [-0.05, 0) is 42.7 Å². The summed E-state index contributed by atoms with van der Waals surface area (Å²) in [6.07, 6.45) is 2.83. The summed E-state index contributed by atoms with van der Waals surface area (Å²) < 4.78 is 32.2. The Kier molecular flexibility index (Phi) is 5.25. The Morgan fingerprint density at radius 1 is 1.30 bits per heavy atom. The Hall–Kier alpha value is -1.54. The molecule has 1 aromatic carbocycles. The summed E-state index contributed by atoms with van der Waals surface area (Å²) in [4.78, 5) is 25.9. The molecule has 2 saturated carbocycles. The summed E-state index contributed by atoms with van der Waals surface area (Å²) in [7, 11) is -2.27. The first-order valence-electron chi connectivity index (χ1n) is 10.4. The van der Waals surface area contributed by atoms with Crippen LogP contribution in [0.4, 0.5) is 0 Å². The summed E-state index contributed by atoms with van der Waals surface area (Å²) >= 11 is 1.40. The summed E-state index contributed by atoms with van der Waals surface area (Å²) in [5.74, 6) is -0.181. The highest BCUT2D eigenvalue weighted by Crippen LogP contribution is 2.70. The van der Waals surface area contributed by atoms with E-state index in [1.807, 2.05) is 19.1 Å². The normalized spacial score (nSPS) is 31.4. The molecule has 0 radical (unpaired) electrons. The second-order valence-electron chi connectivity index (χ2n) is 9.43. The van der Waals surface area contributed by atoms with Crippen LogP contribution < -0.4 is 0 Å². The van der Waals surface area contributed by atoms with Crippen LogP contribution in [0.3, 0.4) is 0 Å². The zero-order chi connectivity index (χ0) is 21.9. The molecule has 6 nitrogen and oxygen atoms in total. The van der Waals surface area contributed by atoms with Crippen LogP contribution in [0.25, 0.3) is 0 Å². The van der Waals surface area contributed by atoms with Crippen molar-refractivity contribution >= 4 is 33.7 Å². The molecule has 0 unspecified atom stereocenters. The van der Waals surface area contributed by atoms with Gasteiger partial charge in [0.25, 0.3) is 0 Å². The molecule has 3 fully saturated rings. The van der Waals surface area contributed by atoms with Crippen molar-refractivity contribution < 1.29 is 22.7 Å². The lowest BCUT2D eigenvalue weighted by Gasteiger charge is -2.37. The number of methoxy groups -OCH3 is 1. The van der Waals surface area contributed by atoms with E-state index in [4.69, 9.17) is 4.74 Å². The molecule has 164 valence electrons. The van der Waals surface area contributed by atoms with E-state index in [1.54, 1.807) is 12.1 Å². The van der Waals surface area contributed by atoms with Crippen molar-refractivity contribution in [2.24, 2.45) is 16.7 Å². The molecule has 1 amide bonds. The lowest BCUT2D eigenvalue weighted by atomic mass is 9.69. The average Bonchev–Trinajstić information content (AvgIpc) is 3.15. The zero-order valence-corrected chi connectivity index (χ0v) is 19.5. The number of nitrogens with zero attached hydrogens (tertiary/aromatic N) is 1. The molecule has 30 heavy (non-hydrogen) atoms. The number of fused-ring (bicyclic) bond motifs is 1. The molecule has 1 saturated heterocycles. The number of amides is 1. The van der Waals surface area contributed by atoms with Crippen LogP contribution in [-0.2, 0) is 19.6 Å². The summed E-state index contributed by atoms with van der Waals surface area (Å²) in [6.45, 7) is 6.24. The van der Waals surface area contributed by atoms with Crippen molar-refractivity contribution in [3.05, 3.63) is 29.8 Å². The van der Waals surface area contributed by atoms with Gasteiger partial charge in [-0.3, -0.25) is 4.79 Å². The molecule has 8 heteroatoms. The maximum atomic E-state index is 13.2. The number of thioether (sulfide) groups is 1. The number of carbonyl (C=O) groups excluding carboxylic acids is 2. The Labute approximate surface area is 182 Å². The fraction of sp³-hybridized carbons (Fsp3) is 0.636. The molecule has 4 rings (SSSR count). The number of benzene rings is 1. The molecule has 1 heterocycles. The molecule has 1 spiro atoms. The van der Waals surface area contributed by atoms with Crippen molar-refractivity contribution in [1.29, 1.82) is 0 Å². The second-order valence-corrected chi connectivity index (χ2v) is 12.8. The van der Waals surface area contributed by atoms with Crippen molar-refractivity contribution in [2.45, 2.75) is 62.6 Å². The topological polar surface area (TPSA) is 80.8 Å². The Balaban J connectivity index is 1.52. The van der Waals surface area contributed by atoms with Crippen molar-refractivity contribution in [3.63, 3.8) is 0 Å². The standard InChI is InChI=1S/C22H29NO5S2/c1-14(29-17-8-6-5-7-16(17)20(25)28-4)11-19(24)23-18-12-15-9-10-22(18,21(15,2)3)13-30(23,26)27/h5-8,14-15,18H,9-13H2,1-4H3/t14-,15-,18-,22-/m1/s1. The molecule has 0 aromatic heterocycles. The Bertz CT molecular complexity index is 989. The largest absolute Gasteiger partial charge is 0.465 e. The van der Waals surface area contributed by atoms with Crippen LogP contribution in [0.5, 0.6) is 0 Å². The highest BCUT2D eigenvalue weighted by Gasteiger charge is 2.72. The van der Waals surface area contributed by atoms with Gasteiger partial charge >= 0.3 is 5.97 Å². The summed E-state index contributed by atoms with van der Waals surface area (Å²) in [5.41, 5.74) is 0.0893. The number of sulfonamides is 1. The molecular weight excluding hydrogens is 422 g/mol. The minimum absolute atomic E-state index is 0.0560. The van der Waals surface area contributed by atoms with Gasteiger partial charge in [-0.15, -0.1) is 11.8 Å². The van der Waals surface area contributed by atoms with E-state index in [-0.39, 0.29) is 40.2 Å². The molecule has 4 atom stereocenters. The van der Waals surface area contributed by atoms with Crippen LogP contribution >= 0.6 is 11.8 Å². The van der Waals surface area contributed by atoms with E-state index in [2.05, 4.69) is 13.8 Å². The average molecular weight is 452 g/mol. The third-order valence-electron chi connectivity index (χ3n) is 7.74. The number of hydrogen-bond acceptors (Lipinski definition) is 6. The van der Waals surface area contributed by atoms with Gasteiger partial charge in [-0.1, -0.05) is 32.9 Å². The zero-order valence-electron chi connectivity index (χ0n) is 17.9. The minimum Gasteiger partial charge on any atom is -0.465 e. The van der Waals surface area contributed by atoms with Crippen LogP contribution in [0.2, 0.25) is 0 Å². The number of esters is 1. The lowest BCUT2D eigenvalue weighted by molar-refractivity contribution is -0.128. The molecule has 1 aliphatic heterocycles. The Morgan fingerprint density at radius 2 is 2.00 bits per heavy atom. The van der Waals surface area contributed by atoms with Gasteiger partial charge < -0.3 is 4.74 Å². The maximum absolute atomic E-state index is 13.2. The summed E-state index contributed by atoms with van der Waals surface area (Å²) in [6, 6.07) is 6.89. The van der Waals surface area contributed by atoms with Gasteiger partial charge in [0.1, 0.15) is 0 Å². The van der Waals surface area contributed by atoms with Crippen LogP contribution in [0.1, 0.15) is 56.8 Å². The van der Waals surface area contributed by atoms with E-state index < -0.39 is 16.0 Å². The van der Waals surface area contributed by atoms with Crippen molar-refractivity contribution in [1.82, 2.24) is 4.31 Å². The second kappa shape index (κ2) is 7.26.